The average Bonchev–Trinajstić information content (AvgIpc) is 1.67. The fourth-order valence-electron chi connectivity index (χ4n) is 0.149. The molecule has 0 aliphatic carbocycles. The highest BCUT2D eigenvalue weighted by atomic mass is 16.1. The monoisotopic (exact) mass is 132 g/mol. The smallest absolute Gasteiger partial charge is 0.133 e. The second-order valence-electron chi connectivity index (χ2n) is 1.93. The Morgan fingerprint density at radius 3 is 1.78 bits per heavy atom. The van der Waals surface area contributed by atoms with Gasteiger partial charge >= 0.3 is 0 Å². The Hall–Kier alpha value is -0.410. The summed E-state index contributed by atoms with van der Waals surface area (Å²) >= 11 is 0. The van der Waals surface area contributed by atoms with E-state index in [1.165, 1.54) is 0 Å². The Morgan fingerprint density at radius 2 is 1.78 bits per heavy atom. The van der Waals surface area contributed by atoms with Crippen LogP contribution < -0.4 is 5.32 Å². The lowest BCUT2D eigenvalue weighted by molar-refractivity contribution is -0.108. The van der Waals surface area contributed by atoms with E-state index >= 15 is 0 Å². The number of rotatable bonds is 2. The Kier molecular flexibility index (Phi) is 13.4. The highest BCUT2D eigenvalue weighted by Gasteiger charge is 1.79. The Bertz CT molecular complexity index is 55.0. The minimum absolute atomic E-state index is 0.528. The van der Waals surface area contributed by atoms with Crippen LogP contribution in [-0.2, 0) is 4.79 Å². The number of carbonyl (C=O) groups is 1. The number of likely N-dealkylation sites (N-methyl/N-ethyl adjacent to an activating group) is 1. The maximum Gasteiger partial charge on any atom is 0.133 e. The number of nitrogens with one attached hydrogen (secondary N) is 1. The maximum atomic E-state index is 9.57. The van der Waals surface area contributed by atoms with Gasteiger partial charge in [0.25, 0.3) is 0 Å². The summed E-state index contributed by atoms with van der Waals surface area (Å²) in [6, 6.07) is 0. The number of nitrogens with zero attached hydrogens (tertiary/aromatic N) is 1. The van der Waals surface area contributed by atoms with Crippen molar-refractivity contribution in [2.45, 2.75) is 0 Å². The van der Waals surface area contributed by atoms with Crippen LogP contribution in [0, 0.1) is 0 Å². The third-order valence-electron chi connectivity index (χ3n) is 0.440. The molecule has 0 amide bonds. The zero-order valence-electron chi connectivity index (χ0n) is 6.64. The van der Waals surface area contributed by atoms with Crippen LogP contribution in [0.15, 0.2) is 0 Å². The van der Waals surface area contributed by atoms with Gasteiger partial charge in [0.15, 0.2) is 0 Å². The molecule has 0 heterocycles. The maximum absolute atomic E-state index is 9.57. The van der Waals surface area contributed by atoms with Crippen molar-refractivity contribution in [3.8, 4) is 0 Å². The third-order valence-corrected chi connectivity index (χ3v) is 0.440. The van der Waals surface area contributed by atoms with Gasteiger partial charge in [-0.3, -0.25) is 0 Å². The van der Waals surface area contributed by atoms with Crippen molar-refractivity contribution >= 4 is 6.29 Å². The van der Waals surface area contributed by atoms with Crippen molar-refractivity contribution in [2.24, 2.45) is 0 Å². The molecule has 0 bridgehead atoms. The molecule has 0 aromatic rings. The molecular formula is C6H16N2O. The molecule has 0 aliphatic rings. The van der Waals surface area contributed by atoms with Crippen molar-refractivity contribution < 1.29 is 4.79 Å². The lowest BCUT2D eigenvalue weighted by atomic mass is 10.7. The second-order valence-corrected chi connectivity index (χ2v) is 1.93. The first-order valence-electron chi connectivity index (χ1n) is 2.85. The summed E-state index contributed by atoms with van der Waals surface area (Å²) in [5.41, 5.74) is 0. The fourth-order valence-corrected chi connectivity index (χ4v) is 0.149. The topological polar surface area (TPSA) is 32.3 Å². The van der Waals surface area contributed by atoms with Gasteiger partial charge in [0.2, 0.25) is 0 Å². The molecule has 9 heavy (non-hydrogen) atoms. The molecule has 0 aromatic heterocycles. The predicted molar refractivity (Wildman–Crippen MR) is 39.6 cm³/mol. The second kappa shape index (κ2) is 10.5. The van der Waals surface area contributed by atoms with E-state index < -0.39 is 0 Å². The summed E-state index contributed by atoms with van der Waals surface area (Å²) in [6.07, 6.45) is 0.875. The van der Waals surface area contributed by atoms with Crippen LogP contribution in [0.5, 0.6) is 0 Å². The molecule has 3 nitrogen and oxygen atoms in total. The van der Waals surface area contributed by atoms with E-state index in [1.54, 1.807) is 0 Å². The normalized spacial score (nSPS) is 8.11. The lowest BCUT2D eigenvalue weighted by Crippen LogP contribution is -2.13. The molecule has 0 saturated carbocycles. The van der Waals surface area contributed by atoms with Gasteiger partial charge in [0, 0.05) is 0 Å². The van der Waals surface area contributed by atoms with Gasteiger partial charge in [-0.05, 0) is 28.2 Å². The summed E-state index contributed by atoms with van der Waals surface area (Å²) < 4.78 is 0. The first-order chi connectivity index (χ1) is 4.18. The molecule has 1 N–H and O–H groups in total. The average molecular weight is 132 g/mol. The van der Waals surface area contributed by atoms with Crippen molar-refractivity contribution in [2.75, 3.05) is 34.7 Å². The minimum Gasteiger partial charge on any atom is -0.323 e. The minimum atomic E-state index is 0.528. The van der Waals surface area contributed by atoms with Gasteiger partial charge in [-0.2, -0.15) is 0 Å². The molecule has 0 saturated heterocycles. The first-order valence-corrected chi connectivity index (χ1v) is 2.85. The first kappa shape index (κ1) is 11.4. The van der Waals surface area contributed by atoms with E-state index in [0.717, 1.165) is 6.29 Å². The molecule has 0 aromatic carbocycles. The fraction of sp³-hybridized carbons (Fsp3) is 0.833. The highest BCUT2D eigenvalue weighted by Crippen LogP contribution is 1.62. The summed E-state index contributed by atoms with van der Waals surface area (Å²) in [5.74, 6) is 0. The van der Waals surface area contributed by atoms with Gasteiger partial charge in [-0.15, -0.1) is 0 Å². The molecule has 0 unspecified atom stereocenters. The van der Waals surface area contributed by atoms with Gasteiger partial charge in [-0.1, -0.05) is 0 Å². The zero-order valence-corrected chi connectivity index (χ0v) is 6.64. The van der Waals surface area contributed by atoms with Gasteiger partial charge in [-0.25, -0.2) is 0 Å². The third kappa shape index (κ3) is 35.4. The van der Waals surface area contributed by atoms with Crippen LogP contribution >= 0.6 is 0 Å². The number of carbonyl (C=O) groups excluding carboxylic acids is 1. The molecule has 0 aliphatic heterocycles. The van der Waals surface area contributed by atoms with Gasteiger partial charge < -0.3 is 15.0 Å². The molecule has 0 spiro atoms. The van der Waals surface area contributed by atoms with Crippen molar-refractivity contribution in [3.63, 3.8) is 0 Å². The van der Waals surface area contributed by atoms with Crippen LogP contribution in [0.4, 0.5) is 0 Å². The SMILES string of the molecule is CN(C)CC=O.CNC. The molecular weight excluding hydrogens is 116 g/mol. The summed E-state index contributed by atoms with van der Waals surface area (Å²) in [4.78, 5) is 11.4. The van der Waals surface area contributed by atoms with E-state index in [2.05, 4.69) is 5.32 Å². The predicted octanol–water partition coefficient (Wildman–Crippen LogP) is -0.417. The van der Waals surface area contributed by atoms with Crippen LogP contribution in [-0.4, -0.2) is 45.9 Å². The molecule has 56 valence electrons. The van der Waals surface area contributed by atoms with E-state index in [-0.39, 0.29) is 0 Å². The Labute approximate surface area is 57.0 Å². The standard InChI is InChI=1S/C4H9NO.C2H7N/c1-5(2)3-4-6;1-3-2/h4H,3H2,1-2H3;3H,1-2H3. The number of hydrogen-bond donors (Lipinski definition) is 1. The van der Waals surface area contributed by atoms with Crippen LogP contribution in [0.3, 0.4) is 0 Å². The largest absolute Gasteiger partial charge is 0.323 e. The van der Waals surface area contributed by atoms with Crippen molar-refractivity contribution in [1.82, 2.24) is 10.2 Å². The molecule has 0 fully saturated rings. The summed E-state index contributed by atoms with van der Waals surface area (Å²) in [5, 5.41) is 2.75. The Morgan fingerprint density at radius 1 is 1.44 bits per heavy atom. The molecule has 0 rings (SSSR count). The quantitative estimate of drug-likeness (QED) is 0.518. The number of hydrogen-bond acceptors (Lipinski definition) is 3. The number of aldehydes is 1. The molecule has 0 radical (unpaired) electrons. The van der Waals surface area contributed by atoms with Crippen molar-refractivity contribution in [3.05, 3.63) is 0 Å². The van der Waals surface area contributed by atoms with E-state index in [9.17, 15) is 4.79 Å². The van der Waals surface area contributed by atoms with E-state index in [1.807, 2.05) is 33.1 Å². The zero-order chi connectivity index (χ0) is 7.70. The summed E-state index contributed by atoms with van der Waals surface area (Å²) in [7, 11) is 7.46. The van der Waals surface area contributed by atoms with Gasteiger partial charge in [0.1, 0.15) is 6.29 Å². The highest BCUT2D eigenvalue weighted by molar-refractivity contribution is 5.51. The van der Waals surface area contributed by atoms with Crippen LogP contribution in [0.2, 0.25) is 0 Å². The van der Waals surface area contributed by atoms with Crippen LogP contribution in [0.25, 0.3) is 0 Å². The van der Waals surface area contributed by atoms with E-state index in [0.29, 0.717) is 6.54 Å². The van der Waals surface area contributed by atoms with E-state index in [4.69, 9.17) is 0 Å². The molecule has 0 atom stereocenters. The molecule has 3 heteroatoms. The van der Waals surface area contributed by atoms with Crippen LogP contribution in [0.1, 0.15) is 0 Å². The lowest BCUT2D eigenvalue weighted by Gasteiger charge is -1.99. The summed E-state index contributed by atoms with van der Waals surface area (Å²) in [6.45, 7) is 0.528. The van der Waals surface area contributed by atoms with Gasteiger partial charge in [0.05, 0.1) is 6.54 Å². The van der Waals surface area contributed by atoms with Crippen molar-refractivity contribution in [1.29, 1.82) is 0 Å². The Balaban J connectivity index is 0.